The van der Waals surface area contributed by atoms with Crippen LogP contribution in [0.25, 0.3) is 0 Å². The molecular formula is C26H23ClF3N3O5S. The van der Waals surface area contributed by atoms with E-state index < -0.39 is 44.9 Å². The second-order valence-corrected chi connectivity index (χ2v) is 10.8. The van der Waals surface area contributed by atoms with E-state index in [2.05, 4.69) is 10.5 Å². The molecule has 4 rings (SSSR count). The molecule has 0 aliphatic carbocycles. The number of hydrogen-bond donors (Lipinski definition) is 1. The van der Waals surface area contributed by atoms with Crippen molar-refractivity contribution in [2.45, 2.75) is 24.9 Å². The first kappa shape index (κ1) is 28.2. The number of hydrazone groups is 1. The number of benzene rings is 3. The Morgan fingerprint density at radius 3 is 2.36 bits per heavy atom. The maximum absolute atomic E-state index is 13.5. The second kappa shape index (κ2) is 11.1. The zero-order valence-electron chi connectivity index (χ0n) is 20.8. The molecule has 1 aliphatic heterocycles. The van der Waals surface area contributed by atoms with E-state index in [1.54, 1.807) is 32.0 Å². The predicted octanol–water partition coefficient (Wildman–Crippen LogP) is 5.17. The summed E-state index contributed by atoms with van der Waals surface area (Å²) in [7, 11) is -4.46. The molecule has 0 fully saturated rings. The molecule has 0 saturated heterocycles. The molecule has 13 heteroatoms. The van der Waals surface area contributed by atoms with Gasteiger partial charge in [0, 0.05) is 5.56 Å². The maximum atomic E-state index is 13.5. The number of rotatable bonds is 7. The molecule has 0 aromatic heterocycles. The number of nitrogens with zero attached hydrogens (tertiary/aromatic N) is 2. The van der Waals surface area contributed by atoms with Gasteiger partial charge in [-0.3, -0.25) is 9.10 Å². The van der Waals surface area contributed by atoms with Crippen LogP contribution in [0.5, 0.6) is 11.5 Å². The topological polar surface area (TPSA) is 97.3 Å². The number of halogens is 4. The molecule has 8 nitrogen and oxygen atoms in total. The Hall–Kier alpha value is -3.77. The average molecular weight is 582 g/mol. The fourth-order valence-electron chi connectivity index (χ4n) is 3.68. The zero-order valence-corrected chi connectivity index (χ0v) is 22.3. The van der Waals surface area contributed by atoms with Crippen molar-refractivity contribution in [3.05, 3.63) is 82.4 Å². The van der Waals surface area contributed by atoms with Crippen LogP contribution >= 0.6 is 11.6 Å². The van der Waals surface area contributed by atoms with E-state index in [1.165, 1.54) is 24.3 Å². The lowest BCUT2D eigenvalue weighted by molar-refractivity contribution is -0.137. The predicted molar refractivity (Wildman–Crippen MR) is 140 cm³/mol. The first-order valence-electron chi connectivity index (χ1n) is 11.6. The molecule has 1 N–H and O–H groups in total. The first-order chi connectivity index (χ1) is 18.4. The molecule has 3 aromatic rings. The van der Waals surface area contributed by atoms with E-state index in [0.29, 0.717) is 46.4 Å². The highest BCUT2D eigenvalue weighted by molar-refractivity contribution is 7.92. The van der Waals surface area contributed by atoms with Crippen LogP contribution in [0.3, 0.4) is 0 Å². The lowest BCUT2D eigenvalue weighted by atomic mass is 10.1. The van der Waals surface area contributed by atoms with E-state index in [1.807, 2.05) is 0 Å². The summed E-state index contributed by atoms with van der Waals surface area (Å²) in [6.07, 6.45) is -4.85. The Labute approximate surface area is 228 Å². The monoisotopic (exact) mass is 581 g/mol. The number of carbonyl (C=O) groups excluding carboxylic acids is 1. The minimum atomic E-state index is -4.85. The van der Waals surface area contributed by atoms with E-state index in [0.717, 1.165) is 17.7 Å². The summed E-state index contributed by atoms with van der Waals surface area (Å²) in [6, 6.07) is 13.4. The van der Waals surface area contributed by atoms with Gasteiger partial charge in [-0.05, 0) is 62.4 Å². The lowest BCUT2D eigenvalue weighted by Crippen LogP contribution is -2.40. The Kier molecular flexibility index (Phi) is 8.07. The average Bonchev–Trinajstić information content (AvgIpc) is 2.90. The third kappa shape index (κ3) is 6.45. The molecule has 0 radical (unpaired) electrons. The third-order valence-electron chi connectivity index (χ3n) is 5.75. The van der Waals surface area contributed by atoms with E-state index in [4.69, 9.17) is 21.1 Å². The van der Waals surface area contributed by atoms with Crippen molar-refractivity contribution in [3.8, 4) is 11.5 Å². The van der Waals surface area contributed by atoms with Gasteiger partial charge in [0.25, 0.3) is 15.9 Å². The van der Waals surface area contributed by atoms with Crippen molar-refractivity contribution in [2.75, 3.05) is 24.1 Å². The maximum Gasteiger partial charge on any atom is 0.417 e. The molecule has 39 heavy (non-hydrogen) atoms. The largest absolute Gasteiger partial charge is 0.486 e. The second-order valence-electron chi connectivity index (χ2n) is 8.58. The molecule has 0 saturated carbocycles. The minimum Gasteiger partial charge on any atom is -0.486 e. The van der Waals surface area contributed by atoms with Crippen molar-refractivity contribution in [1.29, 1.82) is 0 Å². The van der Waals surface area contributed by atoms with Crippen LogP contribution in [0.4, 0.5) is 18.9 Å². The minimum absolute atomic E-state index is 0.208. The molecule has 1 heterocycles. The van der Waals surface area contributed by atoms with E-state index in [-0.39, 0.29) is 4.90 Å². The Morgan fingerprint density at radius 2 is 1.69 bits per heavy atom. The molecule has 0 atom stereocenters. The van der Waals surface area contributed by atoms with Gasteiger partial charge in [0.1, 0.15) is 19.8 Å². The van der Waals surface area contributed by atoms with Crippen molar-refractivity contribution < 1.29 is 35.9 Å². The number of fused-ring (bicyclic) bond motifs is 1. The summed E-state index contributed by atoms with van der Waals surface area (Å²) >= 11 is 5.73. The van der Waals surface area contributed by atoms with Gasteiger partial charge >= 0.3 is 6.18 Å². The Morgan fingerprint density at radius 1 is 1.03 bits per heavy atom. The molecular weight excluding hydrogens is 559 g/mol. The summed E-state index contributed by atoms with van der Waals surface area (Å²) in [5, 5.41) is 3.42. The standard InChI is InChI=1S/C26H23ClF3N3O5S/c1-16-3-7-20(8-4-16)39(35,36)33(19-6-9-22(27)21(14-19)26(28,29)30)15-25(34)32-31-17(2)18-5-10-23-24(13-18)38-12-11-37-23/h3-10,13-14H,11-12,15H2,1-2H3,(H,32,34)/b31-17-. The number of carbonyl (C=O) groups is 1. The molecule has 1 amide bonds. The van der Waals surface area contributed by atoms with Crippen LogP contribution in [0.2, 0.25) is 5.02 Å². The normalized spacial score (nSPS) is 13.6. The summed E-state index contributed by atoms with van der Waals surface area (Å²) in [5.74, 6) is 0.198. The van der Waals surface area contributed by atoms with Crippen LogP contribution in [0.1, 0.15) is 23.6 Å². The number of amides is 1. The molecule has 206 valence electrons. The molecule has 0 unspecified atom stereocenters. The van der Waals surface area contributed by atoms with E-state index in [9.17, 15) is 26.4 Å². The van der Waals surface area contributed by atoms with Gasteiger partial charge in [-0.25, -0.2) is 13.8 Å². The van der Waals surface area contributed by atoms with Crippen molar-refractivity contribution >= 4 is 38.9 Å². The zero-order chi connectivity index (χ0) is 28.4. The van der Waals surface area contributed by atoms with Gasteiger partial charge in [0.15, 0.2) is 11.5 Å². The smallest absolute Gasteiger partial charge is 0.417 e. The van der Waals surface area contributed by atoms with Crippen LogP contribution in [-0.4, -0.2) is 39.8 Å². The Bertz CT molecular complexity index is 1530. The summed E-state index contributed by atoms with van der Waals surface area (Å²) in [5.41, 5.74) is 2.39. The number of ether oxygens (including phenoxy) is 2. The number of nitrogens with one attached hydrogen (secondary N) is 1. The van der Waals surface area contributed by atoms with Gasteiger partial charge in [0.2, 0.25) is 0 Å². The van der Waals surface area contributed by atoms with Crippen molar-refractivity contribution in [3.63, 3.8) is 0 Å². The van der Waals surface area contributed by atoms with Crippen LogP contribution < -0.4 is 19.2 Å². The van der Waals surface area contributed by atoms with Crippen molar-refractivity contribution in [1.82, 2.24) is 5.43 Å². The first-order valence-corrected chi connectivity index (χ1v) is 13.4. The number of sulfonamides is 1. The van der Waals surface area contributed by atoms with Gasteiger partial charge in [-0.15, -0.1) is 0 Å². The summed E-state index contributed by atoms with van der Waals surface area (Å²) < 4.78 is 79.2. The molecule has 1 aliphatic rings. The number of anilines is 1. The highest BCUT2D eigenvalue weighted by Crippen LogP contribution is 2.38. The fraction of sp³-hybridized carbons (Fsp3) is 0.231. The van der Waals surface area contributed by atoms with Gasteiger partial charge < -0.3 is 9.47 Å². The summed E-state index contributed by atoms with van der Waals surface area (Å²) in [4.78, 5) is 12.7. The van der Waals surface area contributed by atoms with Gasteiger partial charge in [-0.1, -0.05) is 29.3 Å². The lowest BCUT2D eigenvalue weighted by Gasteiger charge is -2.25. The third-order valence-corrected chi connectivity index (χ3v) is 7.87. The van der Waals surface area contributed by atoms with Crippen molar-refractivity contribution in [2.24, 2.45) is 5.10 Å². The summed E-state index contributed by atoms with van der Waals surface area (Å²) in [6.45, 7) is 3.32. The quantitative estimate of drug-likeness (QED) is 0.307. The van der Waals surface area contributed by atoms with E-state index >= 15 is 0 Å². The molecule has 0 spiro atoms. The highest BCUT2D eigenvalue weighted by atomic mass is 35.5. The number of alkyl halides is 3. The molecule has 0 bridgehead atoms. The Balaban J connectivity index is 1.63. The SMILES string of the molecule is C/C(=N/NC(=O)CN(c1ccc(Cl)c(C(F)(F)F)c1)S(=O)(=O)c1ccc(C)cc1)c1ccc2c(c1)OCCO2. The number of hydrogen-bond acceptors (Lipinski definition) is 6. The number of aryl methyl sites for hydroxylation is 1. The van der Waals surface area contributed by atoms with Crippen LogP contribution in [-0.2, 0) is 21.0 Å². The van der Waals surface area contributed by atoms with Gasteiger partial charge in [-0.2, -0.15) is 18.3 Å². The fourth-order valence-corrected chi connectivity index (χ4v) is 5.32. The van der Waals surface area contributed by atoms with Crippen LogP contribution in [0.15, 0.2) is 70.7 Å². The molecule has 3 aromatic carbocycles. The van der Waals surface area contributed by atoms with Gasteiger partial charge in [0.05, 0.1) is 26.9 Å². The van der Waals surface area contributed by atoms with Crippen LogP contribution in [0, 0.1) is 6.92 Å². The highest BCUT2D eigenvalue weighted by Gasteiger charge is 2.35.